The number of carboxylic acid groups (broad SMARTS) is 1. The van der Waals surface area contributed by atoms with Gasteiger partial charge in [0.1, 0.15) is 6.04 Å². The van der Waals surface area contributed by atoms with Crippen molar-refractivity contribution in [1.29, 1.82) is 0 Å². The Balaban J connectivity index is 2.25. The molecule has 1 aromatic rings. The molecule has 0 amide bonds. The average molecular weight is 316 g/mol. The van der Waals surface area contributed by atoms with Gasteiger partial charge in [-0.1, -0.05) is 42.1 Å². The summed E-state index contributed by atoms with van der Waals surface area (Å²) in [5.41, 5.74) is 1.01. The summed E-state index contributed by atoms with van der Waals surface area (Å²) in [7, 11) is 0. The number of hydrogen-bond acceptors (Lipinski definition) is 2. The van der Waals surface area contributed by atoms with E-state index in [9.17, 15) is 9.90 Å². The van der Waals surface area contributed by atoms with Crippen LogP contribution in [0.3, 0.4) is 0 Å². The normalized spacial score (nSPS) is 22.2. The lowest BCUT2D eigenvalue weighted by molar-refractivity contribution is -0.144. The van der Waals surface area contributed by atoms with Crippen LogP contribution in [0, 0.1) is 0 Å². The molecule has 2 unspecified atom stereocenters. The Morgan fingerprint density at radius 3 is 2.70 bits per heavy atom. The highest BCUT2D eigenvalue weighted by Crippen LogP contribution is 2.31. The smallest absolute Gasteiger partial charge is 0.320 e. The minimum atomic E-state index is -0.737. The number of rotatable bonds is 3. The van der Waals surface area contributed by atoms with E-state index in [1.54, 1.807) is 6.07 Å². The Bertz CT molecular complexity index is 493. The Morgan fingerprint density at radius 1 is 1.30 bits per heavy atom. The molecule has 5 heteroatoms. The quantitative estimate of drug-likeness (QED) is 0.899. The van der Waals surface area contributed by atoms with E-state index in [2.05, 4.69) is 4.90 Å². The number of carbonyl (C=O) groups is 1. The molecule has 1 heterocycles. The number of likely N-dealkylation sites (tertiary alicyclic amines) is 1. The van der Waals surface area contributed by atoms with Crippen LogP contribution in [0.1, 0.15) is 44.2 Å². The highest BCUT2D eigenvalue weighted by Gasteiger charge is 2.31. The third-order valence-electron chi connectivity index (χ3n) is 4.00. The molecule has 0 saturated carbocycles. The highest BCUT2D eigenvalue weighted by atomic mass is 35.5. The van der Waals surface area contributed by atoms with Crippen molar-refractivity contribution < 1.29 is 9.90 Å². The first-order chi connectivity index (χ1) is 9.50. The zero-order valence-electron chi connectivity index (χ0n) is 11.5. The van der Waals surface area contributed by atoms with Crippen LogP contribution in [0.4, 0.5) is 0 Å². The van der Waals surface area contributed by atoms with E-state index < -0.39 is 12.0 Å². The molecule has 0 spiro atoms. The van der Waals surface area contributed by atoms with Crippen molar-refractivity contribution in [1.82, 2.24) is 4.90 Å². The fourth-order valence-electron chi connectivity index (χ4n) is 2.82. The fourth-order valence-corrected chi connectivity index (χ4v) is 3.13. The third kappa shape index (κ3) is 3.46. The summed E-state index contributed by atoms with van der Waals surface area (Å²) in [6, 6.07) is 5.12. The summed E-state index contributed by atoms with van der Waals surface area (Å²) in [6.45, 7) is 2.83. The Hall–Kier alpha value is -0.770. The molecule has 3 nitrogen and oxygen atoms in total. The second-order valence-electron chi connectivity index (χ2n) is 5.29. The van der Waals surface area contributed by atoms with Crippen molar-refractivity contribution in [2.45, 2.75) is 44.7 Å². The summed E-state index contributed by atoms with van der Waals surface area (Å²) < 4.78 is 0. The van der Waals surface area contributed by atoms with E-state index in [1.807, 2.05) is 19.1 Å². The van der Waals surface area contributed by atoms with Crippen LogP contribution < -0.4 is 0 Å². The minimum Gasteiger partial charge on any atom is -0.480 e. The van der Waals surface area contributed by atoms with Crippen molar-refractivity contribution in [3.63, 3.8) is 0 Å². The number of halogens is 2. The van der Waals surface area contributed by atoms with E-state index in [0.717, 1.165) is 31.4 Å². The monoisotopic (exact) mass is 315 g/mol. The molecule has 1 aromatic carbocycles. The van der Waals surface area contributed by atoms with Gasteiger partial charge in [0.05, 0.1) is 10.0 Å². The molecule has 2 atom stereocenters. The van der Waals surface area contributed by atoms with Crippen molar-refractivity contribution in [2.75, 3.05) is 6.54 Å². The van der Waals surface area contributed by atoms with E-state index in [1.165, 1.54) is 0 Å². The summed E-state index contributed by atoms with van der Waals surface area (Å²) in [5.74, 6) is -0.737. The minimum absolute atomic E-state index is 0.0176. The van der Waals surface area contributed by atoms with Crippen molar-refractivity contribution in [3.05, 3.63) is 33.8 Å². The molecule has 1 N–H and O–H groups in total. The molecule has 1 saturated heterocycles. The fraction of sp³-hybridized carbons (Fsp3) is 0.533. The van der Waals surface area contributed by atoms with Gasteiger partial charge in [0.2, 0.25) is 0 Å². The number of benzene rings is 1. The number of hydrogen-bond donors (Lipinski definition) is 1. The van der Waals surface area contributed by atoms with Gasteiger partial charge in [-0.15, -0.1) is 0 Å². The molecular weight excluding hydrogens is 297 g/mol. The van der Waals surface area contributed by atoms with Gasteiger partial charge in [0, 0.05) is 6.04 Å². The molecule has 0 bridgehead atoms. The second-order valence-corrected chi connectivity index (χ2v) is 6.11. The zero-order chi connectivity index (χ0) is 14.7. The molecule has 1 aliphatic heterocycles. The number of carboxylic acids is 1. The Kier molecular flexibility index (Phi) is 5.30. The molecule has 0 aliphatic carbocycles. The lowest BCUT2D eigenvalue weighted by Crippen LogP contribution is -2.42. The van der Waals surface area contributed by atoms with E-state index in [4.69, 9.17) is 23.2 Å². The van der Waals surface area contributed by atoms with Crippen LogP contribution in [-0.2, 0) is 4.79 Å². The van der Waals surface area contributed by atoms with Crippen LogP contribution in [0.5, 0.6) is 0 Å². The zero-order valence-corrected chi connectivity index (χ0v) is 13.0. The summed E-state index contributed by atoms with van der Waals surface area (Å²) in [5, 5.41) is 10.5. The van der Waals surface area contributed by atoms with Crippen LogP contribution >= 0.6 is 23.2 Å². The molecular formula is C15H19Cl2NO2. The molecule has 2 rings (SSSR count). The standard InChI is InChI=1S/C15H19Cl2NO2/c1-10(11-6-7-12(16)13(17)9-11)18-8-4-2-3-5-14(18)15(19)20/h6-7,9-10,14H,2-5,8H2,1H3,(H,19,20). The molecule has 20 heavy (non-hydrogen) atoms. The Labute approximate surface area is 129 Å². The molecule has 0 radical (unpaired) electrons. The van der Waals surface area contributed by atoms with Crippen LogP contribution in [-0.4, -0.2) is 28.6 Å². The van der Waals surface area contributed by atoms with Gasteiger partial charge in [-0.3, -0.25) is 9.69 Å². The van der Waals surface area contributed by atoms with Crippen molar-refractivity contribution >= 4 is 29.2 Å². The first-order valence-corrected chi connectivity index (χ1v) is 7.70. The molecule has 110 valence electrons. The van der Waals surface area contributed by atoms with Crippen molar-refractivity contribution in [3.8, 4) is 0 Å². The van der Waals surface area contributed by atoms with Gasteiger partial charge in [-0.25, -0.2) is 0 Å². The van der Waals surface area contributed by atoms with Crippen LogP contribution in [0.25, 0.3) is 0 Å². The van der Waals surface area contributed by atoms with E-state index >= 15 is 0 Å². The van der Waals surface area contributed by atoms with Gasteiger partial charge in [0.15, 0.2) is 0 Å². The third-order valence-corrected chi connectivity index (χ3v) is 4.74. The lowest BCUT2D eigenvalue weighted by Gasteiger charge is -2.33. The number of aliphatic carboxylic acids is 1. The topological polar surface area (TPSA) is 40.5 Å². The predicted molar refractivity (Wildman–Crippen MR) is 81.5 cm³/mol. The molecule has 1 aliphatic rings. The van der Waals surface area contributed by atoms with Crippen molar-refractivity contribution in [2.24, 2.45) is 0 Å². The van der Waals surface area contributed by atoms with E-state index in [-0.39, 0.29) is 6.04 Å². The van der Waals surface area contributed by atoms with Gasteiger partial charge in [0.25, 0.3) is 0 Å². The van der Waals surface area contributed by atoms with Gasteiger partial charge < -0.3 is 5.11 Å². The molecule has 0 aromatic heterocycles. The average Bonchev–Trinajstić information content (AvgIpc) is 2.66. The predicted octanol–water partition coefficient (Wildman–Crippen LogP) is 4.38. The highest BCUT2D eigenvalue weighted by molar-refractivity contribution is 6.42. The van der Waals surface area contributed by atoms with Gasteiger partial charge >= 0.3 is 5.97 Å². The lowest BCUT2D eigenvalue weighted by atomic mass is 10.0. The largest absolute Gasteiger partial charge is 0.480 e. The molecule has 1 fully saturated rings. The maximum Gasteiger partial charge on any atom is 0.320 e. The number of nitrogens with zero attached hydrogens (tertiary/aromatic N) is 1. The van der Waals surface area contributed by atoms with Crippen LogP contribution in [0.15, 0.2) is 18.2 Å². The summed E-state index contributed by atoms with van der Waals surface area (Å²) >= 11 is 12.0. The Morgan fingerprint density at radius 2 is 2.05 bits per heavy atom. The second kappa shape index (κ2) is 6.79. The first-order valence-electron chi connectivity index (χ1n) is 6.94. The maximum atomic E-state index is 11.5. The summed E-state index contributed by atoms with van der Waals surface area (Å²) in [4.78, 5) is 13.5. The van der Waals surface area contributed by atoms with Crippen LogP contribution in [0.2, 0.25) is 10.0 Å². The van der Waals surface area contributed by atoms with Gasteiger partial charge in [-0.05, 0) is 44.0 Å². The maximum absolute atomic E-state index is 11.5. The first kappa shape index (κ1) is 15.6. The van der Waals surface area contributed by atoms with E-state index in [0.29, 0.717) is 16.5 Å². The SMILES string of the molecule is CC(c1ccc(Cl)c(Cl)c1)N1CCCCCC1C(=O)O. The summed E-state index contributed by atoms with van der Waals surface area (Å²) in [6.07, 6.45) is 3.81. The van der Waals surface area contributed by atoms with Gasteiger partial charge in [-0.2, -0.15) is 0 Å².